The van der Waals surface area contributed by atoms with Crippen LogP contribution in [0.4, 0.5) is 4.39 Å². The molecule has 0 amide bonds. The molecule has 0 aliphatic rings. The third-order valence-corrected chi connectivity index (χ3v) is 2.03. The topological polar surface area (TPSA) is 48.6 Å². The molecule has 72 valence electrons. The molecule has 14 heavy (non-hydrogen) atoms. The maximum absolute atomic E-state index is 12.9. The highest BCUT2D eigenvalue weighted by atomic mass is 19.1. The summed E-state index contributed by atoms with van der Waals surface area (Å²) < 4.78 is 12.9. The Morgan fingerprint density at radius 2 is 2.07 bits per heavy atom. The number of hydrogen-bond acceptors (Lipinski definition) is 1. The lowest BCUT2D eigenvalue weighted by molar-refractivity contribution is 0.628. The van der Waals surface area contributed by atoms with Crippen molar-refractivity contribution < 1.29 is 4.39 Å². The van der Waals surface area contributed by atoms with Crippen LogP contribution in [0.3, 0.4) is 0 Å². The lowest BCUT2D eigenvalue weighted by atomic mass is 10.1. The maximum Gasteiger partial charge on any atom is 0.323 e. The lowest BCUT2D eigenvalue weighted by Crippen LogP contribution is -2.00. The number of rotatable bonds is 1. The van der Waals surface area contributed by atoms with Crippen LogP contribution in [0.15, 0.2) is 29.1 Å². The average Bonchev–Trinajstić information content (AvgIpc) is 2.45. The summed E-state index contributed by atoms with van der Waals surface area (Å²) in [4.78, 5) is 16.2. The monoisotopic (exact) mass is 192 g/mol. The molecule has 0 aliphatic heterocycles. The molecule has 0 bridgehead atoms. The van der Waals surface area contributed by atoms with Crippen LogP contribution < -0.4 is 5.69 Å². The molecule has 3 nitrogen and oxygen atoms in total. The highest BCUT2D eigenvalue weighted by Gasteiger charge is 2.05. The van der Waals surface area contributed by atoms with E-state index in [-0.39, 0.29) is 11.5 Å². The van der Waals surface area contributed by atoms with E-state index in [1.54, 1.807) is 19.1 Å². The van der Waals surface area contributed by atoms with Crippen molar-refractivity contribution in [2.75, 3.05) is 0 Å². The quantitative estimate of drug-likeness (QED) is 0.711. The van der Waals surface area contributed by atoms with Crippen molar-refractivity contribution in [3.8, 4) is 11.3 Å². The first-order valence-electron chi connectivity index (χ1n) is 4.21. The fraction of sp³-hybridized carbons (Fsp3) is 0.100. The molecule has 0 aliphatic carbocycles. The predicted molar refractivity (Wildman–Crippen MR) is 51.5 cm³/mol. The van der Waals surface area contributed by atoms with E-state index in [1.165, 1.54) is 12.1 Å². The number of aromatic nitrogens is 2. The summed E-state index contributed by atoms with van der Waals surface area (Å²) in [6, 6.07) is 6.10. The van der Waals surface area contributed by atoms with Crippen LogP contribution in [0.25, 0.3) is 11.3 Å². The summed E-state index contributed by atoms with van der Waals surface area (Å²) in [5.41, 5.74) is 1.73. The van der Waals surface area contributed by atoms with Gasteiger partial charge < -0.3 is 9.97 Å². The van der Waals surface area contributed by atoms with Gasteiger partial charge in [-0.1, -0.05) is 12.1 Å². The van der Waals surface area contributed by atoms with Gasteiger partial charge in [-0.05, 0) is 19.1 Å². The van der Waals surface area contributed by atoms with Gasteiger partial charge in [0.2, 0.25) is 0 Å². The number of H-pyrrole nitrogens is 2. The molecular weight excluding hydrogens is 183 g/mol. The fourth-order valence-electron chi connectivity index (χ4n) is 1.40. The second kappa shape index (κ2) is 3.14. The molecule has 2 N–H and O–H groups in total. The Morgan fingerprint density at radius 1 is 1.29 bits per heavy atom. The molecule has 0 spiro atoms. The normalized spacial score (nSPS) is 10.4. The summed E-state index contributed by atoms with van der Waals surface area (Å²) in [6.45, 7) is 1.76. The third kappa shape index (κ3) is 1.46. The van der Waals surface area contributed by atoms with Crippen molar-refractivity contribution in [3.05, 3.63) is 46.3 Å². The van der Waals surface area contributed by atoms with Gasteiger partial charge in [-0.25, -0.2) is 9.18 Å². The van der Waals surface area contributed by atoms with Gasteiger partial charge >= 0.3 is 5.69 Å². The van der Waals surface area contributed by atoms with Crippen molar-refractivity contribution in [1.29, 1.82) is 0 Å². The number of nitrogens with one attached hydrogen (secondary N) is 2. The maximum atomic E-state index is 12.9. The van der Waals surface area contributed by atoms with Crippen molar-refractivity contribution in [2.45, 2.75) is 6.92 Å². The highest BCUT2D eigenvalue weighted by molar-refractivity contribution is 5.61. The van der Waals surface area contributed by atoms with Gasteiger partial charge in [-0.15, -0.1) is 0 Å². The van der Waals surface area contributed by atoms with Crippen LogP contribution in [-0.4, -0.2) is 9.97 Å². The van der Waals surface area contributed by atoms with Crippen LogP contribution >= 0.6 is 0 Å². The number of halogens is 1. The van der Waals surface area contributed by atoms with E-state index >= 15 is 0 Å². The molecule has 4 heteroatoms. The first kappa shape index (κ1) is 8.74. The molecule has 0 saturated heterocycles. The second-order valence-corrected chi connectivity index (χ2v) is 3.09. The molecule has 0 saturated carbocycles. The zero-order valence-corrected chi connectivity index (χ0v) is 7.60. The predicted octanol–water partition coefficient (Wildman–Crippen LogP) is 1.82. The van der Waals surface area contributed by atoms with Crippen molar-refractivity contribution in [2.24, 2.45) is 0 Å². The van der Waals surface area contributed by atoms with E-state index in [1.807, 2.05) is 0 Å². The average molecular weight is 192 g/mol. The second-order valence-electron chi connectivity index (χ2n) is 3.09. The first-order valence-corrected chi connectivity index (χ1v) is 4.21. The van der Waals surface area contributed by atoms with Gasteiger partial charge in [-0.2, -0.15) is 0 Å². The molecule has 1 aromatic heterocycles. The van der Waals surface area contributed by atoms with E-state index in [2.05, 4.69) is 9.97 Å². The minimum Gasteiger partial charge on any atom is -0.310 e. The molecule has 0 unspecified atom stereocenters. The van der Waals surface area contributed by atoms with Crippen LogP contribution in [0.1, 0.15) is 5.69 Å². The number of hydrogen-bond donors (Lipinski definition) is 2. The summed E-state index contributed by atoms with van der Waals surface area (Å²) in [5, 5.41) is 0. The zero-order valence-electron chi connectivity index (χ0n) is 7.60. The standard InChI is InChI=1S/C10H9FN2O/c1-6-9(13-10(14)12-6)7-3-2-4-8(11)5-7/h2-5H,1H3,(H2,12,13,14). The highest BCUT2D eigenvalue weighted by Crippen LogP contribution is 2.18. The van der Waals surface area contributed by atoms with Gasteiger partial charge in [0.05, 0.1) is 5.69 Å². The SMILES string of the molecule is Cc1[nH]c(=O)[nH]c1-c1cccc(F)c1. The third-order valence-electron chi connectivity index (χ3n) is 2.03. The zero-order chi connectivity index (χ0) is 10.1. The molecular formula is C10H9FN2O. The number of aromatic amines is 2. The summed E-state index contributed by atoms with van der Waals surface area (Å²) in [5.74, 6) is -0.316. The van der Waals surface area contributed by atoms with Crippen LogP contribution in [0.5, 0.6) is 0 Å². The van der Waals surface area contributed by atoms with E-state index < -0.39 is 0 Å². The molecule has 2 aromatic rings. The van der Waals surface area contributed by atoms with Gasteiger partial charge in [0.1, 0.15) is 5.82 Å². The molecule has 1 heterocycles. The van der Waals surface area contributed by atoms with Gasteiger partial charge in [0.15, 0.2) is 0 Å². The summed E-state index contributed by atoms with van der Waals surface area (Å²) in [7, 11) is 0. The Bertz CT molecular complexity index is 513. The Morgan fingerprint density at radius 3 is 2.64 bits per heavy atom. The van der Waals surface area contributed by atoms with Gasteiger partial charge in [0.25, 0.3) is 0 Å². The summed E-state index contributed by atoms with van der Waals surface area (Å²) in [6.07, 6.45) is 0. The van der Waals surface area contributed by atoms with E-state index in [4.69, 9.17) is 0 Å². The van der Waals surface area contributed by atoms with Gasteiger partial charge in [-0.3, -0.25) is 0 Å². The van der Waals surface area contributed by atoms with Crippen molar-refractivity contribution in [1.82, 2.24) is 9.97 Å². The van der Waals surface area contributed by atoms with Crippen LogP contribution in [-0.2, 0) is 0 Å². The Balaban J connectivity index is 2.59. The Labute approximate surface area is 79.6 Å². The van der Waals surface area contributed by atoms with Crippen LogP contribution in [0, 0.1) is 12.7 Å². The van der Waals surface area contributed by atoms with Gasteiger partial charge in [0, 0.05) is 11.3 Å². The summed E-state index contributed by atoms with van der Waals surface area (Å²) >= 11 is 0. The minimum atomic E-state index is -0.316. The van der Waals surface area contributed by atoms with Crippen LogP contribution in [0.2, 0.25) is 0 Å². The molecule has 0 radical (unpaired) electrons. The molecule has 0 fully saturated rings. The van der Waals surface area contributed by atoms with Crippen molar-refractivity contribution >= 4 is 0 Å². The minimum absolute atomic E-state index is 0.276. The van der Waals surface area contributed by atoms with E-state index in [9.17, 15) is 9.18 Å². The molecule has 2 rings (SSSR count). The number of imidazole rings is 1. The number of aryl methyl sites for hydroxylation is 1. The smallest absolute Gasteiger partial charge is 0.310 e. The molecule has 1 aromatic carbocycles. The van der Waals surface area contributed by atoms with E-state index in [0.717, 1.165) is 0 Å². The Kier molecular flexibility index (Phi) is 1.96. The lowest BCUT2D eigenvalue weighted by Gasteiger charge is -1.98. The van der Waals surface area contributed by atoms with E-state index in [0.29, 0.717) is 17.0 Å². The first-order chi connectivity index (χ1) is 6.66. The Hall–Kier alpha value is -1.84. The molecule has 0 atom stereocenters. The number of benzene rings is 1. The largest absolute Gasteiger partial charge is 0.323 e. The fourth-order valence-corrected chi connectivity index (χ4v) is 1.40. The van der Waals surface area contributed by atoms with Crippen molar-refractivity contribution in [3.63, 3.8) is 0 Å².